The van der Waals surface area contributed by atoms with E-state index in [1.54, 1.807) is 0 Å². The van der Waals surface area contributed by atoms with Gasteiger partial charge in [-0.1, -0.05) is 6.92 Å². The zero-order valence-corrected chi connectivity index (χ0v) is 11.1. The van der Waals surface area contributed by atoms with Gasteiger partial charge in [-0.05, 0) is 30.7 Å². The van der Waals surface area contributed by atoms with Crippen molar-refractivity contribution in [3.63, 3.8) is 0 Å². The third-order valence-electron chi connectivity index (χ3n) is 2.63. The number of halogens is 3. The maximum absolute atomic E-state index is 12.0. The number of carbonyl (C=O) groups is 2. The first kappa shape index (κ1) is 16.8. The molecule has 0 fully saturated rings. The molecular formula is C13H14F3NO4. The minimum absolute atomic E-state index is 0.160. The molecule has 1 aromatic rings. The van der Waals surface area contributed by atoms with Crippen LogP contribution in [-0.2, 0) is 4.79 Å². The molecule has 116 valence electrons. The highest BCUT2D eigenvalue weighted by Gasteiger charge is 2.31. The minimum Gasteiger partial charge on any atom is -0.481 e. The first-order chi connectivity index (χ1) is 9.69. The van der Waals surface area contributed by atoms with Crippen LogP contribution in [0.5, 0.6) is 5.75 Å². The van der Waals surface area contributed by atoms with Gasteiger partial charge in [0.15, 0.2) is 0 Å². The number of carbonyl (C=O) groups excluding carboxylic acids is 1. The summed E-state index contributed by atoms with van der Waals surface area (Å²) < 4.78 is 39.6. The second-order valence-electron chi connectivity index (χ2n) is 4.36. The van der Waals surface area contributed by atoms with Gasteiger partial charge in [-0.2, -0.15) is 0 Å². The molecule has 0 heterocycles. The van der Waals surface area contributed by atoms with Crippen molar-refractivity contribution in [2.75, 3.05) is 6.54 Å². The molecule has 5 nitrogen and oxygen atoms in total. The Hall–Kier alpha value is -2.25. The molecule has 0 saturated heterocycles. The van der Waals surface area contributed by atoms with Gasteiger partial charge in [0, 0.05) is 12.1 Å². The highest BCUT2D eigenvalue weighted by atomic mass is 19.4. The quantitative estimate of drug-likeness (QED) is 0.846. The van der Waals surface area contributed by atoms with Crippen molar-refractivity contribution in [1.82, 2.24) is 5.32 Å². The summed E-state index contributed by atoms with van der Waals surface area (Å²) in [7, 11) is 0. The molecule has 0 radical (unpaired) electrons. The maximum Gasteiger partial charge on any atom is 0.573 e. The topological polar surface area (TPSA) is 75.6 Å². The van der Waals surface area contributed by atoms with Crippen LogP contribution in [-0.4, -0.2) is 29.9 Å². The van der Waals surface area contributed by atoms with E-state index in [9.17, 15) is 22.8 Å². The molecular weight excluding hydrogens is 291 g/mol. The van der Waals surface area contributed by atoms with Crippen LogP contribution in [0.3, 0.4) is 0 Å². The number of rotatable bonds is 6. The Labute approximate surface area is 118 Å². The molecule has 0 saturated carbocycles. The number of alkyl halides is 3. The van der Waals surface area contributed by atoms with Crippen molar-refractivity contribution in [2.24, 2.45) is 5.92 Å². The Morgan fingerprint density at radius 3 is 2.33 bits per heavy atom. The standard InChI is InChI=1S/C13H14F3NO4/c1-8(12(19)20)6-7-17-11(18)9-2-4-10(5-3-9)21-13(14,15)16/h2-5,8H,6-7H2,1H3,(H,17,18)(H,19,20). The van der Waals surface area contributed by atoms with Gasteiger partial charge in [0.05, 0.1) is 5.92 Å². The van der Waals surface area contributed by atoms with Gasteiger partial charge in [0.25, 0.3) is 5.91 Å². The van der Waals surface area contributed by atoms with Crippen LogP contribution in [0.1, 0.15) is 23.7 Å². The number of benzene rings is 1. The fraction of sp³-hybridized carbons (Fsp3) is 0.385. The summed E-state index contributed by atoms with van der Waals surface area (Å²) in [6.45, 7) is 1.67. The van der Waals surface area contributed by atoms with E-state index in [1.165, 1.54) is 19.1 Å². The van der Waals surface area contributed by atoms with Crippen molar-refractivity contribution in [1.29, 1.82) is 0 Å². The number of ether oxygens (including phenoxy) is 1. The fourth-order valence-electron chi connectivity index (χ4n) is 1.44. The molecule has 1 aromatic carbocycles. The first-order valence-electron chi connectivity index (χ1n) is 6.06. The van der Waals surface area contributed by atoms with E-state index < -0.39 is 29.9 Å². The highest BCUT2D eigenvalue weighted by Crippen LogP contribution is 2.22. The van der Waals surface area contributed by atoms with Gasteiger partial charge in [0.2, 0.25) is 0 Å². The lowest BCUT2D eigenvalue weighted by atomic mass is 10.1. The van der Waals surface area contributed by atoms with Gasteiger partial charge in [-0.3, -0.25) is 9.59 Å². The first-order valence-corrected chi connectivity index (χ1v) is 6.06. The molecule has 0 aliphatic rings. The minimum atomic E-state index is -4.78. The fourth-order valence-corrected chi connectivity index (χ4v) is 1.44. The van der Waals surface area contributed by atoms with Crippen LogP contribution < -0.4 is 10.1 Å². The molecule has 0 aliphatic carbocycles. The average Bonchev–Trinajstić information content (AvgIpc) is 2.37. The van der Waals surface area contributed by atoms with Crippen LogP contribution in [0.15, 0.2) is 24.3 Å². The van der Waals surface area contributed by atoms with Crippen molar-refractivity contribution >= 4 is 11.9 Å². The van der Waals surface area contributed by atoms with Gasteiger partial charge in [0.1, 0.15) is 5.75 Å². The zero-order chi connectivity index (χ0) is 16.0. The molecule has 1 atom stereocenters. The largest absolute Gasteiger partial charge is 0.573 e. The highest BCUT2D eigenvalue weighted by molar-refractivity contribution is 5.94. The van der Waals surface area contributed by atoms with E-state index in [2.05, 4.69) is 10.1 Å². The summed E-state index contributed by atoms with van der Waals surface area (Å²) in [5.41, 5.74) is 0.160. The summed E-state index contributed by atoms with van der Waals surface area (Å²) in [5.74, 6) is -2.46. The van der Waals surface area contributed by atoms with E-state index in [0.717, 1.165) is 12.1 Å². The molecule has 1 unspecified atom stereocenters. The Kier molecular flexibility index (Phi) is 5.57. The van der Waals surface area contributed by atoms with Crippen LogP contribution in [0.25, 0.3) is 0 Å². The van der Waals surface area contributed by atoms with E-state index in [-0.39, 0.29) is 18.5 Å². The summed E-state index contributed by atoms with van der Waals surface area (Å²) in [5, 5.41) is 11.2. The number of carboxylic acids is 1. The summed E-state index contributed by atoms with van der Waals surface area (Å²) >= 11 is 0. The van der Waals surface area contributed by atoms with E-state index in [0.29, 0.717) is 0 Å². The van der Waals surface area contributed by atoms with Gasteiger partial charge < -0.3 is 15.2 Å². The molecule has 1 rings (SSSR count). The predicted octanol–water partition coefficient (Wildman–Crippen LogP) is 2.43. The van der Waals surface area contributed by atoms with Crippen molar-refractivity contribution < 1.29 is 32.6 Å². The zero-order valence-electron chi connectivity index (χ0n) is 11.1. The van der Waals surface area contributed by atoms with Crippen molar-refractivity contribution in [3.05, 3.63) is 29.8 Å². The Balaban J connectivity index is 2.50. The van der Waals surface area contributed by atoms with Crippen LogP contribution in [0.2, 0.25) is 0 Å². The smallest absolute Gasteiger partial charge is 0.481 e. The molecule has 0 aromatic heterocycles. The van der Waals surface area contributed by atoms with Gasteiger partial charge in [-0.15, -0.1) is 13.2 Å². The monoisotopic (exact) mass is 305 g/mol. The Morgan fingerprint density at radius 1 is 1.29 bits per heavy atom. The number of aliphatic carboxylic acids is 1. The number of carboxylic acid groups (broad SMARTS) is 1. The molecule has 0 spiro atoms. The molecule has 1 amide bonds. The molecule has 0 aliphatic heterocycles. The van der Waals surface area contributed by atoms with Crippen LogP contribution >= 0.6 is 0 Å². The summed E-state index contributed by atoms with van der Waals surface area (Å²) in [6.07, 6.45) is -4.52. The second kappa shape index (κ2) is 6.96. The number of hydrogen-bond acceptors (Lipinski definition) is 3. The van der Waals surface area contributed by atoms with Crippen LogP contribution in [0, 0.1) is 5.92 Å². The lowest BCUT2D eigenvalue weighted by Crippen LogP contribution is -2.27. The number of amides is 1. The molecule has 8 heteroatoms. The third-order valence-corrected chi connectivity index (χ3v) is 2.63. The van der Waals surface area contributed by atoms with Gasteiger partial charge in [-0.25, -0.2) is 0 Å². The lowest BCUT2D eigenvalue weighted by Gasteiger charge is -2.10. The third kappa shape index (κ3) is 6.15. The summed E-state index contributed by atoms with van der Waals surface area (Å²) in [4.78, 5) is 22.2. The van der Waals surface area contributed by atoms with Crippen molar-refractivity contribution in [3.8, 4) is 5.75 Å². The SMILES string of the molecule is CC(CCNC(=O)c1ccc(OC(F)(F)F)cc1)C(=O)O. The number of nitrogens with one attached hydrogen (secondary N) is 1. The van der Waals surface area contributed by atoms with E-state index in [1.807, 2.05) is 0 Å². The van der Waals surface area contributed by atoms with Crippen LogP contribution in [0.4, 0.5) is 13.2 Å². The summed E-state index contributed by atoms with van der Waals surface area (Å²) in [6, 6.07) is 4.44. The number of hydrogen-bond donors (Lipinski definition) is 2. The van der Waals surface area contributed by atoms with Gasteiger partial charge >= 0.3 is 12.3 Å². The molecule has 0 bridgehead atoms. The Morgan fingerprint density at radius 2 is 1.86 bits per heavy atom. The Bertz CT molecular complexity index is 499. The molecule has 2 N–H and O–H groups in total. The van der Waals surface area contributed by atoms with E-state index in [4.69, 9.17) is 5.11 Å². The predicted molar refractivity (Wildman–Crippen MR) is 66.9 cm³/mol. The maximum atomic E-state index is 12.0. The van der Waals surface area contributed by atoms with E-state index >= 15 is 0 Å². The van der Waals surface area contributed by atoms with Crippen molar-refractivity contribution in [2.45, 2.75) is 19.7 Å². The second-order valence-corrected chi connectivity index (χ2v) is 4.36. The normalized spacial score (nSPS) is 12.6. The average molecular weight is 305 g/mol. The lowest BCUT2D eigenvalue weighted by molar-refractivity contribution is -0.274. The molecule has 21 heavy (non-hydrogen) atoms.